The molecule has 1 aliphatic heterocycles. The predicted molar refractivity (Wildman–Crippen MR) is 138 cm³/mol. The van der Waals surface area contributed by atoms with Crippen LogP contribution < -0.4 is 19.3 Å². The number of hydrogen-bond donors (Lipinski definition) is 0. The average Bonchev–Trinajstić information content (AvgIpc) is 2.92. The van der Waals surface area contributed by atoms with Crippen LogP contribution in [0.15, 0.2) is 82.7 Å². The minimum Gasteiger partial charge on any atom is -0.493 e. The number of benzene rings is 3. The van der Waals surface area contributed by atoms with Crippen molar-refractivity contribution in [3.8, 4) is 11.5 Å². The zero-order chi connectivity index (χ0) is 25.3. The Morgan fingerprint density at radius 3 is 2.08 bits per heavy atom. The van der Waals surface area contributed by atoms with E-state index in [1.165, 1.54) is 18.3 Å². The summed E-state index contributed by atoms with van der Waals surface area (Å²) >= 11 is 0. The second kappa shape index (κ2) is 9.66. The van der Waals surface area contributed by atoms with Gasteiger partial charge in [0, 0.05) is 49.5 Å². The molecule has 1 saturated heterocycles. The molecule has 5 rings (SSSR count). The maximum atomic E-state index is 13.8. The van der Waals surface area contributed by atoms with Gasteiger partial charge in [-0.2, -0.15) is 0 Å². The van der Waals surface area contributed by atoms with Gasteiger partial charge in [0.25, 0.3) is 0 Å². The van der Waals surface area contributed by atoms with Crippen molar-refractivity contribution < 1.29 is 22.3 Å². The first-order valence-corrected chi connectivity index (χ1v) is 13.0. The summed E-state index contributed by atoms with van der Waals surface area (Å²) in [5.74, 6) is 0.733. The number of aromatic nitrogens is 1. The van der Waals surface area contributed by atoms with Crippen molar-refractivity contribution in [1.82, 2.24) is 4.98 Å². The molecular weight excluding hydrogens is 481 g/mol. The minimum absolute atomic E-state index is 0.142. The molecule has 0 atom stereocenters. The van der Waals surface area contributed by atoms with Crippen molar-refractivity contribution >= 4 is 32.1 Å². The fourth-order valence-corrected chi connectivity index (χ4v) is 6.03. The lowest BCUT2D eigenvalue weighted by Crippen LogP contribution is -2.47. The second-order valence-corrected chi connectivity index (χ2v) is 10.4. The summed E-state index contributed by atoms with van der Waals surface area (Å²) < 4.78 is 51.9. The third kappa shape index (κ3) is 4.30. The Kier molecular flexibility index (Phi) is 6.40. The van der Waals surface area contributed by atoms with E-state index in [4.69, 9.17) is 9.47 Å². The van der Waals surface area contributed by atoms with Crippen LogP contribution >= 0.6 is 0 Å². The van der Waals surface area contributed by atoms with Crippen molar-refractivity contribution in [3.05, 3.63) is 78.7 Å². The first kappa shape index (κ1) is 23.9. The number of hydrogen-bond acceptors (Lipinski definition) is 7. The maximum Gasteiger partial charge on any atom is 0.210 e. The molecule has 0 spiro atoms. The van der Waals surface area contributed by atoms with Crippen LogP contribution in [0.4, 0.5) is 15.8 Å². The number of fused-ring (bicyclic) bond motifs is 1. The molecule has 0 radical (unpaired) electrons. The van der Waals surface area contributed by atoms with E-state index in [1.807, 2.05) is 0 Å². The number of halogens is 1. The van der Waals surface area contributed by atoms with Crippen LogP contribution in [0.5, 0.6) is 11.5 Å². The number of piperazine rings is 1. The van der Waals surface area contributed by atoms with E-state index in [0.29, 0.717) is 54.3 Å². The van der Waals surface area contributed by atoms with Crippen LogP contribution in [-0.2, 0) is 9.84 Å². The molecule has 1 aliphatic rings. The monoisotopic (exact) mass is 507 g/mol. The summed E-state index contributed by atoms with van der Waals surface area (Å²) in [6.45, 7) is 2.44. The van der Waals surface area contributed by atoms with Crippen LogP contribution in [0, 0.1) is 5.82 Å². The summed E-state index contributed by atoms with van der Waals surface area (Å²) in [6.07, 6.45) is 1.43. The highest BCUT2D eigenvalue weighted by Gasteiger charge is 2.29. The minimum atomic E-state index is -3.85. The zero-order valence-corrected chi connectivity index (χ0v) is 20.8. The van der Waals surface area contributed by atoms with Gasteiger partial charge in [0.05, 0.1) is 30.3 Å². The van der Waals surface area contributed by atoms with E-state index in [1.54, 1.807) is 68.8 Å². The van der Waals surface area contributed by atoms with Gasteiger partial charge in [-0.15, -0.1) is 0 Å². The average molecular weight is 508 g/mol. The molecule has 36 heavy (non-hydrogen) atoms. The fourth-order valence-electron chi connectivity index (χ4n) is 4.58. The molecule has 9 heteroatoms. The summed E-state index contributed by atoms with van der Waals surface area (Å²) in [4.78, 5) is 9.08. The molecule has 186 valence electrons. The Morgan fingerprint density at radius 1 is 0.833 bits per heavy atom. The van der Waals surface area contributed by atoms with Crippen LogP contribution in [0.25, 0.3) is 10.9 Å². The Morgan fingerprint density at radius 2 is 1.44 bits per heavy atom. The van der Waals surface area contributed by atoms with Crippen molar-refractivity contribution in [2.75, 3.05) is 50.2 Å². The normalized spacial score (nSPS) is 14.2. The molecule has 1 fully saturated rings. The Hall–Kier alpha value is -3.85. The van der Waals surface area contributed by atoms with Crippen LogP contribution in [0.1, 0.15) is 0 Å². The standard InChI is InChI=1S/C27H26FN3O4S/c1-34-24-16-22-23(17-25(24)35-2)29-18-26(36(32,33)21-6-4-3-5-7-21)27(22)31-14-12-30(13-15-31)20-10-8-19(28)9-11-20/h3-11,16-18H,12-15H2,1-2H3. The van der Waals surface area contributed by atoms with Gasteiger partial charge < -0.3 is 19.3 Å². The van der Waals surface area contributed by atoms with Crippen molar-refractivity contribution in [2.24, 2.45) is 0 Å². The molecule has 0 amide bonds. The third-order valence-corrected chi connectivity index (χ3v) is 8.21. The van der Waals surface area contributed by atoms with Crippen LogP contribution in [-0.4, -0.2) is 53.8 Å². The van der Waals surface area contributed by atoms with E-state index in [9.17, 15) is 12.8 Å². The fraction of sp³-hybridized carbons (Fsp3) is 0.222. The van der Waals surface area contributed by atoms with Gasteiger partial charge in [0.2, 0.25) is 9.84 Å². The van der Waals surface area contributed by atoms with Gasteiger partial charge >= 0.3 is 0 Å². The highest BCUT2D eigenvalue weighted by molar-refractivity contribution is 7.91. The van der Waals surface area contributed by atoms with Gasteiger partial charge in [0.15, 0.2) is 11.5 Å². The molecule has 4 aromatic rings. The molecule has 0 aliphatic carbocycles. The Balaban J connectivity index is 1.62. The quantitative estimate of drug-likeness (QED) is 0.379. The summed E-state index contributed by atoms with van der Waals surface area (Å²) in [5.41, 5.74) is 2.12. The molecule has 0 saturated carbocycles. The lowest BCUT2D eigenvalue weighted by molar-refractivity contribution is 0.356. The maximum absolute atomic E-state index is 13.8. The number of nitrogens with zero attached hydrogens (tertiary/aromatic N) is 3. The second-order valence-electron chi connectivity index (χ2n) is 8.46. The van der Waals surface area contributed by atoms with Crippen molar-refractivity contribution in [2.45, 2.75) is 9.79 Å². The Bertz CT molecular complexity index is 1490. The van der Waals surface area contributed by atoms with Gasteiger partial charge in [0.1, 0.15) is 10.7 Å². The molecule has 3 aromatic carbocycles. The lowest BCUT2D eigenvalue weighted by Gasteiger charge is -2.38. The summed E-state index contributed by atoms with van der Waals surface area (Å²) in [6, 6.07) is 18.3. The topological polar surface area (TPSA) is 72.0 Å². The third-order valence-electron chi connectivity index (χ3n) is 6.44. The molecule has 0 unspecified atom stereocenters. The predicted octanol–water partition coefficient (Wildman–Crippen LogP) is 4.55. The molecule has 2 heterocycles. The SMILES string of the molecule is COc1cc2ncc(S(=O)(=O)c3ccccc3)c(N3CCN(c4ccc(F)cc4)CC3)c2cc1OC. The van der Waals surface area contributed by atoms with Crippen LogP contribution in [0.2, 0.25) is 0 Å². The highest BCUT2D eigenvalue weighted by Crippen LogP contribution is 2.41. The van der Waals surface area contributed by atoms with Crippen LogP contribution in [0.3, 0.4) is 0 Å². The lowest BCUT2D eigenvalue weighted by atomic mass is 10.1. The Labute approximate surface area is 209 Å². The molecule has 1 aromatic heterocycles. The summed E-state index contributed by atoms with van der Waals surface area (Å²) in [5, 5.41) is 0.667. The number of methoxy groups -OCH3 is 2. The number of pyridine rings is 1. The van der Waals surface area contributed by atoms with E-state index >= 15 is 0 Å². The van der Waals surface area contributed by atoms with Crippen molar-refractivity contribution in [3.63, 3.8) is 0 Å². The first-order valence-electron chi connectivity index (χ1n) is 11.5. The van der Waals surface area contributed by atoms with E-state index in [0.717, 1.165) is 5.69 Å². The molecule has 0 N–H and O–H groups in total. The molecular formula is C27H26FN3O4S. The largest absolute Gasteiger partial charge is 0.493 e. The smallest absolute Gasteiger partial charge is 0.210 e. The van der Waals surface area contributed by atoms with Gasteiger partial charge in [-0.25, -0.2) is 12.8 Å². The summed E-state index contributed by atoms with van der Waals surface area (Å²) in [7, 11) is -0.754. The number of ether oxygens (including phenoxy) is 2. The molecule has 0 bridgehead atoms. The van der Waals surface area contributed by atoms with E-state index in [2.05, 4.69) is 14.8 Å². The first-order chi connectivity index (χ1) is 17.4. The van der Waals surface area contributed by atoms with Gasteiger partial charge in [-0.3, -0.25) is 4.98 Å². The zero-order valence-electron chi connectivity index (χ0n) is 20.0. The van der Waals surface area contributed by atoms with Gasteiger partial charge in [-0.1, -0.05) is 18.2 Å². The number of sulfone groups is 1. The van der Waals surface area contributed by atoms with E-state index in [-0.39, 0.29) is 15.6 Å². The van der Waals surface area contributed by atoms with Gasteiger partial charge in [-0.05, 0) is 42.5 Å². The molecule has 7 nitrogen and oxygen atoms in total. The number of rotatable bonds is 6. The van der Waals surface area contributed by atoms with E-state index < -0.39 is 9.84 Å². The van der Waals surface area contributed by atoms with Crippen molar-refractivity contribution in [1.29, 1.82) is 0 Å². The number of anilines is 2. The highest BCUT2D eigenvalue weighted by atomic mass is 32.2.